The Morgan fingerprint density at radius 1 is 1.20 bits per heavy atom. The lowest BCUT2D eigenvalue weighted by atomic mass is 9.91. The van der Waals surface area contributed by atoms with Crippen molar-refractivity contribution in [2.45, 2.75) is 38.2 Å². The zero-order valence-electron chi connectivity index (χ0n) is 16.6. The molecule has 1 saturated heterocycles. The molecule has 160 valence electrons. The highest BCUT2D eigenvalue weighted by Gasteiger charge is 2.34. The van der Waals surface area contributed by atoms with Crippen LogP contribution < -0.4 is 15.0 Å². The molecule has 5 nitrogen and oxygen atoms in total. The third-order valence-electron chi connectivity index (χ3n) is 5.90. The van der Waals surface area contributed by atoms with E-state index in [4.69, 9.17) is 16.3 Å². The SMILES string of the molecule is Cc1c(F)cc(OCC2(O)CCN(c3ccc(Cl)cc3F)CC2)c2c1NC(=O)CC2. The van der Waals surface area contributed by atoms with Gasteiger partial charge in [0.15, 0.2) is 0 Å². The highest BCUT2D eigenvalue weighted by atomic mass is 35.5. The van der Waals surface area contributed by atoms with Crippen molar-refractivity contribution in [1.82, 2.24) is 0 Å². The fourth-order valence-electron chi connectivity index (χ4n) is 4.02. The Balaban J connectivity index is 1.44. The van der Waals surface area contributed by atoms with Crippen molar-refractivity contribution in [3.8, 4) is 5.75 Å². The summed E-state index contributed by atoms with van der Waals surface area (Å²) in [5.74, 6) is -0.672. The molecule has 0 aliphatic carbocycles. The van der Waals surface area contributed by atoms with Crippen LogP contribution in [0, 0.1) is 18.6 Å². The molecule has 30 heavy (non-hydrogen) atoms. The third-order valence-corrected chi connectivity index (χ3v) is 6.13. The predicted octanol–water partition coefficient (Wildman–Crippen LogP) is 4.22. The van der Waals surface area contributed by atoms with Crippen molar-refractivity contribution < 1.29 is 23.4 Å². The molecule has 2 heterocycles. The summed E-state index contributed by atoms with van der Waals surface area (Å²) < 4.78 is 34.3. The van der Waals surface area contributed by atoms with Gasteiger partial charge in [-0.05, 0) is 44.4 Å². The molecule has 2 aromatic rings. The van der Waals surface area contributed by atoms with Gasteiger partial charge in [-0.2, -0.15) is 0 Å². The van der Waals surface area contributed by atoms with Gasteiger partial charge in [-0.15, -0.1) is 0 Å². The van der Waals surface area contributed by atoms with Crippen LogP contribution >= 0.6 is 11.6 Å². The minimum Gasteiger partial charge on any atom is -0.490 e. The normalized spacial score (nSPS) is 18.0. The molecule has 0 unspecified atom stereocenters. The van der Waals surface area contributed by atoms with Crippen LogP contribution in [-0.4, -0.2) is 36.3 Å². The average Bonchev–Trinajstić information content (AvgIpc) is 2.71. The average molecular weight is 437 g/mol. The summed E-state index contributed by atoms with van der Waals surface area (Å²) in [5.41, 5.74) is 0.931. The third kappa shape index (κ3) is 4.09. The number of rotatable bonds is 4. The van der Waals surface area contributed by atoms with Crippen molar-refractivity contribution in [2.24, 2.45) is 0 Å². The van der Waals surface area contributed by atoms with E-state index in [9.17, 15) is 18.7 Å². The van der Waals surface area contributed by atoms with Gasteiger partial charge in [0.05, 0.1) is 11.4 Å². The summed E-state index contributed by atoms with van der Waals surface area (Å²) in [4.78, 5) is 13.6. The molecular weight excluding hydrogens is 414 g/mol. The van der Waals surface area contributed by atoms with Gasteiger partial charge < -0.3 is 20.1 Å². The minimum atomic E-state index is -1.11. The lowest BCUT2D eigenvalue weighted by molar-refractivity contribution is -0.116. The second-order valence-corrected chi connectivity index (χ2v) is 8.42. The number of piperidine rings is 1. The molecule has 2 aliphatic rings. The highest BCUT2D eigenvalue weighted by molar-refractivity contribution is 6.30. The molecule has 0 aromatic heterocycles. The van der Waals surface area contributed by atoms with Gasteiger partial charge in [0.1, 0.15) is 29.6 Å². The first-order valence-electron chi connectivity index (χ1n) is 9.93. The Morgan fingerprint density at radius 2 is 1.93 bits per heavy atom. The van der Waals surface area contributed by atoms with Crippen LogP contribution in [0.15, 0.2) is 24.3 Å². The maximum atomic E-state index is 14.3. The second-order valence-electron chi connectivity index (χ2n) is 7.98. The van der Waals surface area contributed by atoms with Crippen molar-refractivity contribution in [2.75, 3.05) is 29.9 Å². The molecule has 2 aromatic carbocycles. The van der Waals surface area contributed by atoms with E-state index in [2.05, 4.69) is 5.32 Å². The number of carbonyl (C=O) groups excluding carboxylic acids is 1. The van der Waals surface area contributed by atoms with Crippen LogP contribution in [0.1, 0.15) is 30.4 Å². The van der Waals surface area contributed by atoms with Crippen molar-refractivity contribution >= 4 is 28.9 Å². The predicted molar refractivity (Wildman–Crippen MR) is 111 cm³/mol. The maximum absolute atomic E-state index is 14.3. The molecule has 4 rings (SSSR count). The topological polar surface area (TPSA) is 61.8 Å². The number of benzene rings is 2. The molecular formula is C22H23ClF2N2O3. The molecule has 8 heteroatoms. The Labute approximate surface area is 178 Å². The molecule has 0 radical (unpaired) electrons. The minimum absolute atomic E-state index is 0.00712. The van der Waals surface area contributed by atoms with E-state index in [1.807, 2.05) is 4.90 Å². The lowest BCUT2D eigenvalue weighted by Crippen LogP contribution is -2.48. The first kappa shape index (κ1) is 20.9. The number of hydrogen-bond acceptors (Lipinski definition) is 4. The summed E-state index contributed by atoms with van der Waals surface area (Å²) in [5, 5.41) is 14.0. The molecule has 0 spiro atoms. The van der Waals surface area contributed by atoms with Gasteiger partial charge >= 0.3 is 0 Å². The van der Waals surface area contributed by atoms with Crippen LogP contribution in [0.25, 0.3) is 0 Å². The monoisotopic (exact) mass is 436 g/mol. The van der Waals surface area contributed by atoms with E-state index >= 15 is 0 Å². The molecule has 0 bridgehead atoms. The summed E-state index contributed by atoms with van der Waals surface area (Å²) in [7, 11) is 0. The number of nitrogens with zero attached hydrogens (tertiary/aromatic N) is 1. The standard InChI is InChI=1S/C22H23ClF2N2O3/c1-13-16(24)11-19(15-3-5-20(28)26-21(13)15)30-12-22(29)6-8-27(9-7-22)18-4-2-14(23)10-17(18)25/h2,4,10-11,29H,3,5-9,12H2,1H3,(H,26,28). The number of halogens is 3. The summed E-state index contributed by atoms with van der Waals surface area (Å²) in [6.45, 7) is 2.51. The van der Waals surface area contributed by atoms with Gasteiger partial charge in [0.25, 0.3) is 0 Å². The number of hydrogen-bond donors (Lipinski definition) is 2. The first-order valence-corrected chi connectivity index (χ1v) is 10.3. The number of fused-ring (bicyclic) bond motifs is 1. The number of carbonyl (C=O) groups is 1. The Kier molecular flexibility index (Phi) is 5.59. The number of anilines is 2. The molecule has 2 N–H and O–H groups in total. The molecule has 0 atom stereocenters. The zero-order chi connectivity index (χ0) is 21.5. The first-order chi connectivity index (χ1) is 14.3. The fourth-order valence-corrected chi connectivity index (χ4v) is 4.18. The summed E-state index contributed by atoms with van der Waals surface area (Å²) in [6, 6.07) is 5.85. The van der Waals surface area contributed by atoms with E-state index in [1.54, 1.807) is 19.1 Å². The van der Waals surface area contributed by atoms with Crippen LogP contribution in [0.5, 0.6) is 5.75 Å². The van der Waals surface area contributed by atoms with Crippen LogP contribution in [0.2, 0.25) is 5.02 Å². The van der Waals surface area contributed by atoms with Crippen LogP contribution in [0.3, 0.4) is 0 Å². The lowest BCUT2D eigenvalue weighted by Gasteiger charge is -2.39. The van der Waals surface area contributed by atoms with E-state index in [0.717, 1.165) is 5.56 Å². The van der Waals surface area contributed by atoms with Gasteiger partial charge in [0, 0.05) is 41.7 Å². The Hall–Kier alpha value is -2.38. The smallest absolute Gasteiger partial charge is 0.224 e. The second kappa shape index (κ2) is 8.04. The van der Waals surface area contributed by atoms with Crippen LogP contribution in [-0.2, 0) is 11.2 Å². The molecule has 0 saturated carbocycles. The number of nitrogens with one attached hydrogen (secondary N) is 1. The van der Waals surface area contributed by atoms with Crippen molar-refractivity contribution in [3.05, 3.63) is 52.0 Å². The highest BCUT2D eigenvalue weighted by Crippen LogP contribution is 2.37. The van der Waals surface area contributed by atoms with E-state index in [-0.39, 0.29) is 12.5 Å². The Morgan fingerprint density at radius 3 is 2.63 bits per heavy atom. The van der Waals surface area contributed by atoms with Gasteiger partial charge in [0.2, 0.25) is 5.91 Å². The summed E-state index contributed by atoms with van der Waals surface area (Å²) in [6.07, 6.45) is 1.52. The van der Waals surface area contributed by atoms with Crippen LogP contribution in [0.4, 0.5) is 20.2 Å². The summed E-state index contributed by atoms with van der Waals surface area (Å²) >= 11 is 5.82. The van der Waals surface area contributed by atoms with E-state index < -0.39 is 17.2 Å². The molecule has 1 fully saturated rings. The van der Waals surface area contributed by atoms with Crippen molar-refractivity contribution in [3.63, 3.8) is 0 Å². The molecule has 1 amide bonds. The Bertz CT molecular complexity index is 991. The number of aliphatic hydroxyl groups is 1. The largest absolute Gasteiger partial charge is 0.490 e. The van der Waals surface area contributed by atoms with E-state index in [1.165, 1.54) is 12.1 Å². The van der Waals surface area contributed by atoms with Gasteiger partial charge in [-0.3, -0.25) is 4.79 Å². The van der Waals surface area contributed by atoms with Crippen molar-refractivity contribution in [1.29, 1.82) is 0 Å². The molecule has 2 aliphatic heterocycles. The van der Waals surface area contributed by atoms with Gasteiger partial charge in [-0.25, -0.2) is 8.78 Å². The zero-order valence-corrected chi connectivity index (χ0v) is 17.4. The quantitative estimate of drug-likeness (QED) is 0.753. The maximum Gasteiger partial charge on any atom is 0.224 e. The number of ether oxygens (including phenoxy) is 1. The number of amides is 1. The fraction of sp³-hybridized carbons (Fsp3) is 0.409. The van der Waals surface area contributed by atoms with E-state index in [0.29, 0.717) is 66.5 Å². The van der Waals surface area contributed by atoms with Gasteiger partial charge in [-0.1, -0.05) is 11.6 Å².